The van der Waals surface area contributed by atoms with Gasteiger partial charge in [0.15, 0.2) is 5.78 Å². The van der Waals surface area contributed by atoms with Crippen molar-refractivity contribution in [1.29, 1.82) is 0 Å². The first-order valence-electron chi connectivity index (χ1n) is 14.1. The molecule has 4 aromatic carbocycles. The Hall–Kier alpha value is -3.90. The van der Waals surface area contributed by atoms with E-state index in [-0.39, 0.29) is 37.6 Å². The Morgan fingerprint density at radius 2 is 1.51 bits per heavy atom. The van der Waals surface area contributed by atoms with Gasteiger partial charge in [0, 0.05) is 36.0 Å². The van der Waals surface area contributed by atoms with Gasteiger partial charge in [-0.1, -0.05) is 30.3 Å². The third kappa shape index (κ3) is 9.54. The predicted molar refractivity (Wildman–Crippen MR) is 169 cm³/mol. The number of aryl methyl sites for hydroxylation is 1. The fraction of sp³-hybridized carbons (Fsp3) is 0.229. The van der Waals surface area contributed by atoms with E-state index in [0.29, 0.717) is 34.6 Å². The number of nitrogens with zero attached hydrogens (tertiary/aromatic N) is 1. The maximum Gasteiger partial charge on any atom is 1.00 e. The summed E-state index contributed by atoms with van der Waals surface area (Å²) in [5.74, 6) is -2.78. The van der Waals surface area contributed by atoms with E-state index >= 15 is 0 Å². The first kappa shape index (κ1) is 35.6. The van der Waals surface area contributed by atoms with E-state index in [1.165, 1.54) is 30.8 Å². The molecule has 10 heteroatoms. The van der Waals surface area contributed by atoms with Crippen LogP contribution in [0, 0.1) is 18.6 Å². The number of carbonyl (C=O) groups is 3. The molecule has 0 fully saturated rings. The van der Waals surface area contributed by atoms with Crippen LogP contribution < -0.4 is 34.2 Å². The molecule has 0 spiro atoms. The van der Waals surface area contributed by atoms with E-state index in [9.17, 15) is 28.3 Å². The molecule has 1 amide bonds. The number of halogens is 2. The third-order valence-electron chi connectivity index (χ3n) is 7.27. The molecule has 0 bridgehead atoms. The second-order valence-electron chi connectivity index (χ2n) is 10.6. The van der Waals surface area contributed by atoms with Crippen molar-refractivity contribution >= 4 is 35.1 Å². The summed E-state index contributed by atoms with van der Waals surface area (Å²) in [6.07, 6.45) is 2.08. The van der Waals surface area contributed by atoms with Gasteiger partial charge in [0.25, 0.3) is 5.91 Å². The summed E-state index contributed by atoms with van der Waals surface area (Å²) in [6, 6.07) is 22.1. The number of carbonyl (C=O) groups excluding carboxylic acids is 3. The summed E-state index contributed by atoms with van der Waals surface area (Å²) in [6.45, 7) is 3.87. The summed E-state index contributed by atoms with van der Waals surface area (Å²) >= 11 is 1.48. The normalized spacial score (nSPS) is 11.3. The second kappa shape index (κ2) is 16.4. The fourth-order valence-corrected chi connectivity index (χ4v) is 5.47. The van der Waals surface area contributed by atoms with Crippen LogP contribution in [0.25, 0.3) is 11.1 Å². The van der Waals surface area contributed by atoms with E-state index in [0.717, 1.165) is 28.4 Å². The van der Waals surface area contributed by atoms with E-state index < -0.39 is 29.6 Å². The van der Waals surface area contributed by atoms with Crippen molar-refractivity contribution in [2.24, 2.45) is 0 Å². The molecule has 0 aliphatic rings. The number of anilines is 1. The number of hydrogen-bond donors (Lipinski definition) is 1. The molecular weight excluding hydrogens is 589 g/mol. The Balaban J connectivity index is 0.00000552. The smallest absolute Gasteiger partial charge is 0.548 e. The van der Waals surface area contributed by atoms with E-state index in [4.69, 9.17) is 0 Å². The molecule has 4 aromatic rings. The molecule has 0 aliphatic heterocycles. The SMILES string of the molecule is CSCC[C@H](NC(=O)c1ccc(CN(Cc2cc(F)cc(F)c2)c2ccc(C(C)=O)cc2)cc1-c1ccccc1C)C(=O)[O-].[Li+]. The number of thioether (sulfide) groups is 1. The zero-order valence-corrected chi connectivity index (χ0v) is 26.5. The summed E-state index contributed by atoms with van der Waals surface area (Å²) in [4.78, 5) is 39.0. The van der Waals surface area contributed by atoms with Gasteiger partial charge in [0.05, 0.1) is 12.0 Å². The Morgan fingerprint density at radius 3 is 2.11 bits per heavy atom. The largest absolute Gasteiger partial charge is 1.00 e. The van der Waals surface area contributed by atoms with Gasteiger partial charge in [-0.2, -0.15) is 11.8 Å². The van der Waals surface area contributed by atoms with Gasteiger partial charge in [-0.3, -0.25) is 9.59 Å². The van der Waals surface area contributed by atoms with Crippen LogP contribution in [0.4, 0.5) is 14.5 Å². The topological polar surface area (TPSA) is 89.5 Å². The average Bonchev–Trinajstić information content (AvgIpc) is 2.98. The summed E-state index contributed by atoms with van der Waals surface area (Å²) in [7, 11) is 0. The van der Waals surface area contributed by atoms with Crippen LogP contribution in [0.3, 0.4) is 0 Å². The van der Waals surface area contributed by atoms with Crippen molar-refractivity contribution in [1.82, 2.24) is 5.32 Å². The van der Waals surface area contributed by atoms with Gasteiger partial charge in [0.2, 0.25) is 0 Å². The first-order valence-corrected chi connectivity index (χ1v) is 15.5. The summed E-state index contributed by atoms with van der Waals surface area (Å²) in [5, 5.41) is 14.4. The van der Waals surface area contributed by atoms with Gasteiger partial charge >= 0.3 is 18.9 Å². The molecule has 0 unspecified atom stereocenters. The van der Waals surface area contributed by atoms with Crippen LogP contribution in [-0.4, -0.2) is 35.7 Å². The van der Waals surface area contributed by atoms with Crippen LogP contribution in [0.1, 0.15) is 50.8 Å². The number of amides is 1. The molecule has 0 heterocycles. The average molecular weight is 623 g/mol. The maximum atomic E-state index is 14.1. The van der Waals surface area contributed by atoms with Crippen molar-refractivity contribution in [2.75, 3.05) is 16.9 Å². The Bertz CT molecular complexity index is 1650. The summed E-state index contributed by atoms with van der Waals surface area (Å²) < 4.78 is 28.2. The number of rotatable bonds is 13. The van der Waals surface area contributed by atoms with Crippen molar-refractivity contribution in [3.8, 4) is 11.1 Å². The number of aliphatic carboxylic acids is 1. The van der Waals surface area contributed by atoms with Gasteiger partial charge in [-0.25, -0.2) is 8.78 Å². The fourth-order valence-electron chi connectivity index (χ4n) is 4.99. The molecule has 0 saturated heterocycles. The number of hydrogen-bond acceptors (Lipinski definition) is 6. The van der Waals surface area contributed by atoms with Crippen molar-refractivity contribution < 1.29 is 47.1 Å². The zero-order valence-electron chi connectivity index (χ0n) is 25.7. The van der Waals surface area contributed by atoms with Crippen molar-refractivity contribution in [3.63, 3.8) is 0 Å². The predicted octanol–water partition coefficient (Wildman–Crippen LogP) is 2.96. The van der Waals surface area contributed by atoms with Gasteiger partial charge in [-0.05, 0) is 109 Å². The Labute approximate surface area is 278 Å². The molecule has 0 aliphatic carbocycles. The van der Waals surface area contributed by atoms with Gasteiger partial charge < -0.3 is 20.1 Å². The molecule has 228 valence electrons. The standard InChI is InChI=1S/C35H34F2N2O4S.Li/c1-22-6-4-5-7-30(22)32-18-24(8-13-31(32)34(41)38-33(35(42)43)14-15-44-3)20-39(21-25-16-27(36)19-28(37)17-25)29-11-9-26(10-12-29)23(2)40;/h4-13,16-19,33H,14-15,20-21H2,1-3H3,(H,38,41)(H,42,43);/q;+1/p-1/t33-;/m0./s1. The van der Waals surface area contributed by atoms with E-state index in [1.54, 1.807) is 36.4 Å². The first-order chi connectivity index (χ1) is 21.0. The Kier molecular flexibility index (Phi) is 13.0. The summed E-state index contributed by atoms with van der Waals surface area (Å²) in [5.41, 5.74) is 5.13. The zero-order chi connectivity index (χ0) is 31.8. The van der Waals surface area contributed by atoms with Crippen LogP contribution in [0.15, 0.2) is 84.9 Å². The van der Waals surface area contributed by atoms with Crippen molar-refractivity contribution in [2.45, 2.75) is 39.4 Å². The molecule has 0 saturated carbocycles. The third-order valence-corrected chi connectivity index (χ3v) is 7.92. The minimum atomic E-state index is -1.35. The molecule has 6 nitrogen and oxygen atoms in total. The van der Waals surface area contributed by atoms with E-state index in [1.807, 2.05) is 48.4 Å². The molecule has 4 rings (SSSR count). The molecule has 1 atom stereocenters. The molecule has 45 heavy (non-hydrogen) atoms. The molecule has 0 aromatic heterocycles. The minimum absolute atomic E-state index is 0. The van der Waals surface area contributed by atoms with Crippen LogP contribution in [0.2, 0.25) is 0 Å². The number of ketones is 1. The number of benzene rings is 4. The van der Waals surface area contributed by atoms with E-state index in [2.05, 4.69) is 5.32 Å². The monoisotopic (exact) mass is 622 g/mol. The van der Waals surface area contributed by atoms with Crippen LogP contribution in [0.5, 0.6) is 0 Å². The molecule has 0 radical (unpaired) electrons. The number of nitrogens with one attached hydrogen (secondary N) is 1. The number of carboxylic acid groups (broad SMARTS) is 1. The Morgan fingerprint density at radius 1 is 0.867 bits per heavy atom. The van der Waals surface area contributed by atoms with Gasteiger partial charge in [0.1, 0.15) is 11.6 Å². The quantitative estimate of drug-likeness (QED) is 0.182. The number of carboxylic acids is 1. The second-order valence-corrected chi connectivity index (χ2v) is 11.5. The molecular formula is C35H33F2LiN2O4S. The van der Waals surface area contributed by atoms with Crippen LogP contribution >= 0.6 is 11.8 Å². The maximum absolute atomic E-state index is 14.1. The van der Waals surface area contributed by atoms with Crippen LogP contribution in [-0.2, 0) is 17.9 Å². The molecule has 1 N–H and O–H groups in total. The van der Waals surface area contributed by atoms with Crippen molar-refractivity contribution in [3.05, 3.63) is 124 Å². The number of Topliss-reactive ketones (excluding diaryl/α,β-unsaturated/α-hetero) is 1. The van der Waals surface area contributed by atoms with Gasteiger partial charge in [-0.15, -0.1) is 0 Å². The minimum Gasteiger partial charge on any atom is -0.548 e.